The van der Waals surface area contributed by atoms with Crippen LogP contribution in [0.25, 0.3) is 0 Å². The molecule has 1 heterocycles. The summed E-state index contributed by atoms with van der Waals surface area (Å²) in [6.07, 6.45) is 49.3. The molecule has 11 nitrogen and oxygen atoms in total. The van der Waals surface area contributed by atoms with Gasteiger partial charge in [0.2, 0.25) is 5.91 Å². The third-order valence-electron chi connectivity index (χ3n) is 14.7. The van der Waals surface area contributed by atoms with E-state index in [2.05, 4.69) is 37.4 Å². The van der Waals surface area contributed by atoms with Gasteiger partial charge in [0.1, 0.15) is 36.6 Å². The Kier molecular flexibility index (Phi) is 47.1. The van der Waals surface area contributed by atoms with Crippen LogP contribution in [0.4, 0.5) is 0 Å². The zero-order valence-electron chi connectivity index (χ0n) is 46.0. The van der Waals surface area contributed by atoms with E-state index in [0.29, 0.717) is 12.8 Å². The fraction of sp³-hybridized carbons (Fsp3) is 0.917. The molecule has 0 aromatic carbocycles. The number of aliphatic hydroxyl groups is 7. The summed E-state index contributed by atoms with van der Waals surface area (Å²) in [5.74, 6) is -0.708. The van der Waals surface area contributed by atoms with E-state index in [1.54, 1.807) is 0 Å². The number of ether oxygens (including phenoxy) is 2. The molecule has 1 aliphatic heterocycles. The minimum Gasteiger partial charge on any atom is -0.394 e. The van der Waals surface area contributed by atoms with Gasteiger partial charge in [-0.15, -0.1) is 0 Å². The van der Waals surface area contributed by atoms with E-state index in [-0.39, 0.29) is 12.8 Å². The Morgan fingerprint density at radius 1 is 0.479 bits per heavy atom. The van der Waals surface area contributed by atoms with Gasteiger partial charge in [-0.1, -0.05) is 250 Å². The number of amides is 1. The first kappa shape index (κ1) is 67.6. The van der Waals surface area contributed by atoms with Crippen LogP contribution in [0.1, 0.15) is 284 Å². The Bertz CT molecular complexity index is 1200. The van der Waals surface area contributed by atoms with Gasteiger partial charge in [-0.25, -0.2) is 0 Å². The maximum Gasteiger partial charge on any atom is 0.249 e. The second-order valence-electron chi connectivity index (χ2n) is 21.4. The Balaban J connectivity index is 2.02. The highest BCUT2D eigenvalue weighted by molar-refractivity contribution is 5.80. The number of carbonyl (C=O) groups excluding carboxylic acids is 1. The lowest BCUT2D eigenvalue weighted by atomic mass is 9.98. The fourth-order valence-corrected chi connectivity index (χ4v) is 9.80. The van der Waals surface area contributed by atoms with Crippen LogP contribution in [-0.4, -0.2) is 110 Å². The number of nitrogens with one attached hydrogen (secondary N) is 1. The molecule has 1 rings (SSSR count). The van der Waals surface area contributed by atoms with Crippen molar-refractivity contribution < 1.29 is 50.0 Å². The van der Waals surface area contributed by atoms with Crippen molar-refractivity contribution in [1.29, 1.82) is 0 Å². The van der Waals surface area contributed by atoms with Crippen molar-refractivity contribution in [3.05, 3.63) is 24.3 Å². The number of unbranched alkanes of at least 4 members (excludes halogenated alkanes) is 36. The molecule has 9 atom stereocenters. The summed E-state index contributed by atoms with van der Waals surface area (Å²) in [6, 6.07) is -1.18. The van der Waals surface area contributed by atoms with E-state index in [0.717, 1.165) is 38.5 Å². The quantitative estimate of drug-likeness (QED) is 0.0215. The number of carbonyl (C=O) groups is 1. The molecule has 0 bridgehead atoms. The highest BCUT2D eigenvalue weighted by Gasteiger charge is 2.44. The first-order chi connectivity index (χ1) is 34.7. The Morgan fingerprint density at radius 2 is 0.859 bits per heavy atom. The predicted molar refractivity (Wildman–Crippen MR) is 293 cm³/mol. The average Bonchev–Trinajstić information content (AvgIpc) is 3.37. The molecule has 0 aromatic rings. The molecule has 0 aliphatic carbocycles. The largest absolute Gasteiger partial charge is 0.394 e. The van der Waals surface area contributed by atoms with Gasteiger partial charge in [0.15, 0.2) is 6.29 Å². The highest BCUT2D eigenvalue weighted by Crippen LogP contribution is 2.23. The molecule has 1 aliphatic rings. The smallest absolute Gasteiger partial charge is 0.249 e. The third-order valence-corrected chi connectivity index (χ3v) is 14.7. The van der Waals surface area contributed by atoms with Crippen molar-refractivity contribution >= 4 is 5.91 Å². The second-order valence-corrected chi connectivity index (χ2v) is 21.4. The molecule has 71 heavy (non-hydrogen) atoms. The summed E-state index contributed by atoms with van der Waals surface area (Å²) >= 11 is 0. The lowest BCUT2D eigenvalue weighted by Gasteiger charge is -2.40. The number of aliphatic hydroxyl groups excluding tert-OH is 7. The zero-order chi connectivity index (χ0) is 51.8. The lowest BCUT2D eigenvalue weighted by molar-refractivity contribution is -0.303. The molecule has 1 fully saturated rings. The highest BCUT2D eigenvalue weighted by atomic mass is 16.7. The Hall–Kier alpha value is -1.41. The predicted octanol–water partition coefficient (Wildman–Crippen LogP) is 12.9. The van der Waals surface area contributed by atoms with Crippen LogP contribution in [0.15, 0.2) is 24.3 Å². The summed E-state index contributed by atoms with van der Waals surface area (Å²) in [5, 5.41) is 75.4. The first-order valence-corrected chi connectivity index (χ1v) is 30.2. The second kappa shape index (κ2) is 49.5. The molecule has 8 N–H and O–H groups in total. The van der Waals surface area contributed by atoms with Crippen LogP contribution < -0.4 is 5.32 Å². The summed E-state index contributed by atoms with van der Waals surface area (Å²) in [4.78, 5) is 13.1. The van der Waals surface area contributed by atoms with Gasteiger partial charge in [-0.3, -0.25) is 4.79 Å². The molecule has 11 heteroatoms. The van der Waals surface area contributed by atoms with Gasteiger partial charge in [0.05, 0.1) is 25.4 Å². The standard InChI is InChI=1S/C60H115NO10/c1-3-5-7-9-11-12-13-14-15-16-17-18-19-20-21-22-23-24-25-26-27-28-29-30-31-32-33-34-35-36-37-38-39-40-41-42-44-46-48-53(64)59(69)61-51(55(65)52(63)47-45-43-10-8-6-4-2)50-70-60-58(68)57(67)56(66)54(49-62)71-60/h8,10,26-27,51-58,60,62-68H,3-7,9,11-25,28-50H2,1-2H3,(H,61,69)/b10-8+,27-26-. The van der Waals surface area contributed by atoms with Crippen LogP contribution in [-0.2, 0) is 14.3 Å². The lowest BCUT2D eigenvalue weighted by Crippen LogP contribution is -2.60. The Labute approximate surface area is 435 Å². The van der Waals surface area contributed by atoms with E-state index >= 15 is 0 Å². The molecule has 1 amide bonds. The third kappa shape index (κ3) is 37.9. The van der Waals surface area contributed by atoms with Crippen molar-refractivity contribution in [1.82, 2.24) is 5.32 Å². The number of rotatable bonds is 52. The van der Waals surface area contributed by atoms with Crippen molar-refractivity contribution in [2.75, 3.05) is 13.2 Å². The number of hydrogen-bond acceptors (Lipinski definition) is 10. The first-order valence-electron chi connectivity index (χ1n) is 30.2. The van der Waals surface area contributed by atoms with Crippen molar-refractivity contribution in [3.8, 4) is 0 Å². The van der Waals surface area contributed by atoms with Gasteiger partial charge < -0.3 is 50.5 Å². The fourth-order valence-electron chi connectivity index (χ4n) is 9.80. The van der Waals surface area contributed by atoms with Gasteiger partial charge in [-0.05, 0) is 57.8 Å². The summed E-state index contributed by atoms with van der Waals surface area (Å²) in [5.41, 5.74) is 0. The van der Waals surface area contributed by atoms with Crippen LogP contribution in [0.5, 0.6) is 0 Å². The van der Waals surface area contributed by atoms with Crippen LogP contribution in [0, 0.1) is 0 Å². The normalized spacial score (nSPS) is 20.3. The number of allylic oxidation sites excluding steroid dienone is 4. The van der Waals surface area contributed by atoms with Crippen molar-refractivity contribution in [3.63, 3.8) is 0 Å². The molecule has 420 valence electrons. The molecule has 0 saturated carbocycles. The monoisotopic (exact) mass is 1010 g/mol. The van der Waals surface area contributed by atoms with E-state index in [1.165, 1.54) is 205 Å². The molecular formula is C60H115NO10. The summed E-state index contributed by atoms with van der Waals surface area (Å²) in [7, 11) is 0. The van der Waals surface area contributed by atoms with E-state index in [4.69, 9.17) is 9.47 Å². The minimum absolute atomic E-state index is 0.255. The minimum atomic E-state index is -1.66. The molecule has 1 saturated heterocycles. The van der Waals surface area contributed by atoms with Crippen LogP contribution in [0.2, 0.25) is 0 Å². The van der Waals surface area contributed by atoms with Crippen molar-refractivity contribution in [2.24, 2.45) is 0 Å². The maximum atomic E-state index is 13.1. The SMILES string of the molecule is CCC/C=C/CCCC(O)C(O)C(COC1OC(CO)C(O)C(O)C1O)NC(=O)C(O)CCCCCCCCCCCCCCCCCC/C=C\CCCCCCCCCCCCCCCCCCCC. The van der Waals surface area contributed by atoms with Gasteiger partial charge in [-0.2, -0.15) is 0 Å². The summed E-state index contributed by atoms with van der Waals surface area (Å²) < 4.78 is 11.0. The maximum absolute atomic E-state index is 13.1. The topological polar surface area (TPSA) is 189 Å². The van der Waals surface area contributed by atoms with E-state index < -0.39 is 74.2 Å². The summed E-state index contributed by atoms with van der Waals surface area (Å²) in [6.45, 7) is 3.32. The average molecular weight is 1010 g/mol. The van der Waals surface area contributed by atoms with Gasteiger partial charge in [0, 0.05) is 0 Å². The van der Waals surface area contributed by atoms with Crippen molar-refractivity contribution in [2.45, 2.75) is 339 Å². The van der Waals surface area contributed by atoms with Crippen LogP contribution in [0.3, 0.4) is 0 Å². The van der Waals surface area contributed by atoms with Gasteiger partial charge >= 0.3 is 0 Å². The van der Waals surface area contributed by atoms with E-state index in [9.17, 15) is 40.5 Å². The molecule has 0 spiro atoms. The van der Waals surface area contributed by atoms with Gasteiger partial charge in [0.25, 0.3) is 0 Å². The molecular weight excluding hydrogens is 895 g/mol. The van der Waals surface area contributed by atoms with Crippen LogP contribution >= 0.6 is 0 Å². The van der Waals surface area contributed by atoms with E-state index in [1.807, 2.05) is 6.08 Å². The number of hydrogen-bond donors (Lipinski definition) is 8. The molecule has 0 radical (unpaired) electrons. The molecule has 9 unspecified atom stereocenters. The zero-order valence-corrected chi connectivity index (χ0v) is 46.0. The molecule has 0 aromatic heterocycles. The Morgan fingerprint density at radius 3 is 1.27 bits per heavy atom.